The lowest BCUT2D eigenvalue weighted by Gasteiger charge is -2.20. The molecule has 2 rings (SSSR count). The van der Waals surface area contributed by atoms with E-state index in [0.717, 1.165) is 0 Å². The number of aryl methyl sites for hydroxylation is 1. The molecule has 2 aromatic heterocycles. The van der Waals surface area contributed by atoms with Crippen LogP contribution in [0.5, 0.6) is 5.75 Å². The first kappa shape index (κ1) is 16.6. The predicted molar refractivity (Wildman–Crippen MR) is 83.3 cm³/mol. The average Bonchev–Trinajstić information content (AvgIpc) is 2.70. The third-order valence-electron chi connectivity index (χ3n) is 2.98. The highest BCUT2D eigenvalue weighted by Crippen LogP contribution is 2.29. The first-order chi connectivity index (χ1) is 10.6. The molecule has 8 heteroatoms. The van der Waals surface area contributed by atoms with Gasteiger partial charge < -0.3 is 14.6 Å². The monoisotopic (exact) mass is 321 g/mol. The van der Waals surface area contributed by atoms with Gasteiger partial charge in [-0.25, -0.2) is 14.1 Å². The number of nitrogens with one attached hydrogen (secondary N) is 1. The maximum absolute atomic E-state index is 11.9. The SMILES string of the molecule is COc1cn2nc(C)c(C(=O)O)c2cc1NC(=O)OC(C)(C)C. The van der Waals surface area contributed by atoms with Gasteiger partial charge >= 0.3 is 12.1 Å². The molecule has 0 fully saturated rings. The van der Waals surface area contributed by atoms with Gasteiger partial charge in [-0.15, -0.1) is 0 Å². The summed E-state index contributed by atoms with van der Waals surface area (Å²) in [4.78, 5) is 23.3. The second-order valence-corrected chi connectivity index (χ2v) is 5.98. The number of anilines is 1. The Bertz CT molecular complexity index is 773. The molecule has 2 aromatic rings. The van der Waals surface area contributed by atoms with E-state index in [0.29, 0.717) is 22.6 Å². The summed E-state index contributed by atoms with van der Waals surface area (Å²) in [7, 11) is 1.44. The fourth-order valence-corrected chi connectivity index (χ4v) is 2.13. The van der Waals surface area contributed by atoms with Crippen molar-refractivity contribution in [1.82, 2.24) is 9.61 Å². The minimum Gasteiger partial charge on any atom is -0.493 e. The summed E-state index contributed by atoms with van der Waals surface area (Å²) < 4.78 is 11.8. The highest BCUT2D eigenvalue weighted by atomic mass is 16.6. The number of rotatable bonds is 3. The van der Waals surface area contributed by atoms with E-state index in [1.54, 1.807) is 27.7 Å². The lowest BCUT2D eigenvalue weighted by atomic mass is 10.2. The molecule has 1 amide bonds. The fraction of sp³-hybridized carbons (Fsp3) is 0.400. The number of amides is 1. The van der Waals surface area contributed by atoms with Gasteiger partial charge in [-0.2, -0.15) is 5.10 Å². The smallest absolute Gasteiger partial charge is 0.412 e. The third-order valence-corrected chi connectivity index (χ3v) is 2.98. The van der Waals surface area contributed by atoms with Gasteiger partial charge in [0.25, 0.3) is 0 Å². The lowest BCUT2D eigenvalue weighted by molar-refractivity contribution is 0.0633. The fourth-order valence-electron chi connectivity index (χ4n) is 2.13. The Balaban J connectivity index is 2.48. The number of nitrogens with zero attached hydrogens (tertiary/aromatic N) is 2. The zero-order valence-corrected chi connectivity index (χ0v) is 13.6. The molecule has 2 N–H and O–H groups in total. The average molecular weight is 321 g/mol. The molecule has 0 aliphatic rings. The molecule has 0 bridgehead atoms. The van der Waals surface area contributed by atoms with Crippen LogP contribution >= 0.6 is 0 Å². The zero-order chi connectivity index (χ0) is 17.4. The van der Waals surface area contributed by atoms with E-state index >= 15 is 0 Å². The Morgan fingerprint density at radius 3 is 2.52 bits per heavy atom. The van der Waals surface area contributed by atoms with Gasteiger partial charge in [0.05, 0.1) is 30.2 Å². The Hall–Kier alpha value is -2.77. The minimum atomic E-state index is -1.09. The summed E-state index contributed by atoms with van der Waals surface area (Å²) in [5.41, 5.74) is 0.438. The van der Waals surface area contributed by atoms with Gasteiger partial charge in [-0.05, 0) is 33.8 Å². The molecular formula is C15H19N3O5. The van der Waals surface area contributed by atoms with Crippen molar-refractivity contribution in [1.29, 1.82) is 0 Å². The largest absolute Gasteiger partial charge is 0.493 e. The topological polar surface area (TPSA) is 102 Å². The number of carbonyl (C=O) groups is 2. The Labute approximate surface area is 133 Å². The Morgan fingerprint density at radius 1 is 1.35 bits per heavy atom. The van der Waals surface area contributed by atoms with E-state index in [1.807, 2.05) is 0 Å². The standard InChI is InChI=1S/C15H19N3O5/c1-8-12(13(19)20)10-6-9(11(22-5)7-18(10)17-8)16-14(21)23-15(2,3)4/h6-7H,1-5H3,(H,16,21)(H,19,20). The molecule has 0 spiro atoms. The lowest BCUT2D eigenvalue weighted by Crippen LogP contribution is -2.27. The van der Waals surface area contributed by atoms with Crippen LogP contribution in [0.1, 0.15) is 36.8 Å². The molecular weight excluding hydrogens is 302 g/mol. The molecule has 0 unspecified atom stereocenters. The van der Waals surface area contributed by atoms with Crippen molar-refractivity contribution < 1.29 is 24.2 Å². The molecule has 0 atom stereocenters. The van der Waals surface area contributed by atoms with E-state index in [9.17, 15) is 14.7 Å². The molecule has 0 saturated carbocycles. The van der Waals surface area contributed by atoms with Crippen molar-refractivity contribution >= 4 is 23.3 Å². The summed E-state index contributed by atoms with van der Waals surface area (Å²) in [5, 5.41) is 16.0. The highest BCUT2D eigenvalue weighted by molar-refractivity contribution is 5.98. The first-order valence-corrected chi connectivity index (χ1v) is 6.92. The number of methoxy groups -OCH3 is 1. The molecule has 2 heterocycles. The van der Waals surface area contributed by atoms with Crippen molar-refractivity contribution in [2.24, 2.45) is 0 Å². The number of ether oxygens (including phenoxy) is 2. The van der Waals surface area contributed by atoms with Crippen LogP contribution < -0.4 is 10.1 Å². The number of aromatic nitrogens is 2. The molecule has 0 radical (unpaired) electrons. The number of hydrogen-bond donors (Lipinski definition) is 2. The van der Waals surface area contributed by atoms with Gasteiger partial charge in [0.2, 0.25) is 0 Å². The van der Waals surface area contributed by atoms with Gasteiger partial charge in [-0.3, -0.25) is 5.32 Å². The Morgan fingerprint density at radius 2 is 2.00 bits per heavy atom. The molecule has 0 aromatic carbocycles. The number of carbonyl (C=O) groups excluding carboxylic acids is 1. The summed E-state index contributed by atoms with van der Waals surface area (Å²) in [6, 6.07) is 1.49. The van der Waals surface area contributed by atoms with Crippen LogP contribution in [0.25, 0.3) is 5.52 Å². The van der Waals surface area contributed by atoms with Gasteiger partial charge in [-0.1, -0.05) is 0 Å². The minimum absolute atomic E-state index is 0.0693. The van der Waals surface area contributed by atoms with Crippen LogP contribution in [0.2, 0.25) is 0 Å². The van der Waals surface area contributed by atoms with Crippen LogP contribution in [0.15, 0.2) is 12.3 Å². The van der Waals surface area contributed by atoms with Crippen LogP contribution in [0.3, 0.4) is 0 Å². The number of carboxylic acids is 1. The van der Waals surface area contributed by atoms with E-state index < -0.39 is 17.7 Å². The van der Waals surface area contributed by atoms with Crippen LogP contribution in [0.4, 0.5) is 10.5 Å². The van der Waals surface area contributed by atoms with Crippen molar-refractivity contribution in [3.05, 3.63) is 23.5 Å². The predicted octanol–water partition coefficient (Wildman–Crippen LogP) is 2.70. The first-order valence-electron chi connectivity index (χ1n) is 6.92. The van der Waals surface area contributed by atoms with E-state index in [2.05, 4.69) is 10.4 Å². The number of pyridine rings is 1. The molecule has 0 aliphatic heterocycles. The number of hydrogen-bond acceptors (Lipinski definition) is 5. The molecule has 0 saturated heterocycles. The maximum atomic E-state index is 11.9. The number of carboxylic acid groups (broad SMARTS) is 1. The van der Waals surface area contributed by atoms with Gasteiger partial charge in [0, 0.05) is 0 Å². The third kappa shape index (κ3) is 3.53. The van der Waals surface area contributed by atoms with Crippen LogP contribution in [-0.2, 0) is 4.74 Å². The molecule has 8 nitrogen and oxygen atoms in total. The van der Waals surface area contributed by atoms with Gasteiger partial charge in [0.1, 0.15) is 11.2 Å². The number of fused-ring (bicyclic) bond motifs is 1. The Kier molecular flexibility index (Phi) is 4.18. The summed E-state index contributed by atoms with van der Waals surface area (Å²) in [6.45, 7) is 6.84. The zero-order valence-electron chi connectivity index (χ0n) is 13.6. The van der Waals surface area contributed by atoms with Crippen LogP contribution in [0, 0.1) is 6.92 Å². The second-order valence-electron chi connectivity index (χ2n) is 5.98. The van der Waals surface area contributed by atoms with Crippen molar-refractivity contribution in [3.8, 4) is 5.75 Å². The van der Waals surface area contributed by atoms with E-state index in [1.165, 1.54) is 23.9 Å². The van der Waals surface area contributed by atoms with E-state index in [4.69, 9.17) is 9.47 Å². The summed E-state index contributed by atoms with van der Waals surface area (Å²) in [5.74, 6) is -0.756. The normalized spacial score (nSPS) is 11.3. The summed E-state index contributed by atoms with van der Waals surface area (Å²) >= 11 is 0. The highest BCUT2D eigenvalue weighted by Gasteiger charge is 2.21. The molecule has 0 aliphatic carbocycles. The van der Waals surface area contributed by atoms with Gasteiger partial charge in [0.15, 0.2) is 5.75 Å². The summed E-state index contributed by atoms with van der Waals surface area (Å²) in [6.07, 6.45) is 0.842. The van der Waals surface area contributed by atoms with Crippen LogP contribution in [-0.4, -0.2) is 39.5 Å². The maximum Gasteiger partial charge on any atom is 0.412 e. The second kappa shape index (κ2) is 5.79. The van der Waals surface area contributed by atoms with Crippen molar-refractivity contribution in [3.63, 3.8) is 0 Å². The van der Waals surface area contributed by atoms with Crippen molar-refractivity contribution in [2.75, 3.05) is 12.4 Å². The van der Waals surface area contributed by atoms with Crippen molar-refractivity contribution in [2.45, 2.75) is 33.3 Å². The van der Waals surface area contributed by atoms with E-state index in [-0.39, 0.29) is 5.56 Å². The quantitative estimate of drug-likeness (QED) is 0.901. The number of aromatic carboxylic acids is 1. The molecule has 23 heavy (non-hydrogen) atoms. The molecule has 124 valence electrons.